The van der Waals surface area contributed by atoms with Gasteiger partial charge >= 0.3 is 0 Å². The van der Waals surface area contributed by atoms with Gasteiger partial charge in [0.15, 0.2) is 23.3 Å². The molecule has 2 nitrogen and oxygen atoms in total. The third kappa shape index (κ3) is 3.28. The zero-order valence-electron chi connectivity index (χ0n) is 14.6. The van der Waals surface area contributed by atoms with Gasteiger partial charge in [0.2, 0.25) is 5.82 Å². The summed E-state index contributed by atoms with van der Waals surface area (Å²) in [6.07, 6.45) is 0. The molecular weight excluding hydrogens is 351 g/mol. The molecule has 7 heteroatoms. The van der Waals surface area contributed by atoms with Gasteiger partial charge < -0.3 is 4.90 Å². The van der Waals surface area contributed by atoms with E-state index in [1.165, 1.54) is 11.1 Å². The Hall–Kier alpha value is -2.15. The number of hydrogen-bond donors (Lipinski definition) is 0. The summed E-state index contributed by atoms with van der Waals surface area (Å²) in [4.78, 5) is 3.86. The molecule has 0 amide bonds. The number of aryl methyl sites for hydroxylation is 1. The van der Waals surface area contributed by atoms with Crippen LogP contribution in [0.3, 0.4) is 0 Å². The molecular formula is C19H19F5N2. The lowest BCUT2D eigenvalue weighted by molar-refractivity contribution is 0.238. The number of anilines is 1. The fourth-order valence-corrected chi connectivity index (χ4v) is 3.24. The number of piperazine rings is 1. The van der Waals surface area contributed by atoms with Gasteiger partial charge in [0, 0.05) is 44.0 Å². The summed E-state index contributed by atoms with van der Waals surface area (Å²) < 4.78 is 67.5. The number of halogens is 5. The maximum Gasteiger partial charge on any atom is 0.200 e. The van der Waals surface area contributed by atoms with Crippen molar-refractivity contribution in [1.29, 1.82) is 0 Å². The van der Waals surface area contributed by atoms with Crippen LogP contribution in [0.15, 0.2) is 18.2 Å². The third-order valence-electron chi connectivity index (χ3n) is 4.97. The summed E-state index contributed by atoms with van der Waals surface area (Å²) in [5, 5.41) is 0. The Morgan fingerprint density at radius 2 is 1.31 bits per heavy atom. The molecule has 0 saturated carbocycles. The molecule has 1 heterocycles. The minimum absolute atomic E-state index is 0.313. The van der Waals surface area contributed by atoms with E-state index in [0.29, 0.717) is 26.2 Å². The first-order valence-electron chi connectivity index (χ1n) is 8.35. The molecule has 0 unspecified atom stereocenters. The molecule has 26 heavy (non-hydrogen) atoms. The molecule has 1 aliphatic heterocycles. The Labute approximate surface area is 148 Å². The van der Waals surface area contributed by atoms with Crippen molar-refractivity contribution in [2.24, 2.45) is 0 Å². The van der Waals surface area contributed by atoms with Crippen LogP contribution in [0, 0.1) is 42.9 Å². The van der Waals surface area contributed by atoms with Gasteiger partial charge in [-0.1, -0.05) is 12.1 Å². The van der Waals surface area contributed by atoms with E-state index in [4.69, 9.17) is 0 Å². The monoisotopic (exact) mass is 370 g/mol. The molecule has 1 fully saturated rings. The number of nitrogens with zero attached hydrogens (tertiary/aromatic N) is 2. The van der Waals surface area contributed by atoms with Gasteiger partial charge in [-0.2, -0.15) is 0 Å². The summed E-state index contributed by atoms with van der Waals surface area (Å²) in [5.41, 5.74) is 2.66. The largest absolute Gasteiger partial charge is 0.369 e. The SMILES string of the molecule is Cc1cccc(N2CCN(Cc3c(F)c(F)c(F)c(F)c3F)CC2)c1C. The molecule has 0 N–H and O–H groups in total. The van der Waals surface area contributed by atoms with E-state index < -0.39 is 34.6 Å². The van der Waals surface area contributed by atoms with Crippen molar-refractivity contribution in [2.45, 2.75) is 20.4 Å². The van der Waals surface area contributed by atoms with E-state index >= 15 is 0 Å². The van der Waals surface area contributed by atoms with E-state index in [2.05, 4.69) is 4.90 Å². The van der Waals surface area contributed by atoms with Crippen LogP contribution in [0.5, 0.6) is 0 Å². The molecule has 0 aromatic heterocycles. The Morgan fingerprint density at radius 3 is 1.88 bits per heavy atom. The van der Waals surface area contributed by atoms with E-state index in [9.17, 15) is 22.0 Å². The number of benzene rings is 2. The smallest absolute Gasteiger partial charge is 0.200 e. The predicted molar refractivity (Wildman–Crippen MR) is 89.6 cm³/mol. The maximum absolute atomic E-state index is 13.8. The molecule has 0 bridgehead atoms. The molecule has 0 aliphatic carbocycles. The van der Waals surface area contributed by atoms with Crippen LogP contribution in [0.1, 0.15) is 16.7 Å². The van der Waals surface area contributed by atoms with Crippen molar-refractivity contribution < 1.29 is 22.0 Å². The lowest BCUT2D eigenvalue weighted by atomic mass is 10.1. The predicted octanol–water partition coefficient (Wildman–Crippen LogP) is 4.32. The second-order valence-corrected chi connectivity index (χ2v) is 6.53. The quantitative estimate of drug-likeness (QED) is 0.451. The van der Waals surface area contributed by atoms with Gasteiger partial charge in [0.25, 0.3) is 0 Å². The minimum Gasteiger partial charge on any atom is -0.369 e. The van der Waals surface area contributed by atoms with Crippen molar-refractivity contribution in [3.8, 4) is 0 Å². The van der Waals surface area contributed by atoms with Gasteiger partial charge in [-0.15, -0.1) is 0 Å². The summed E-state index contributed by atoms with van der Waals surface area (Å²) in [5.74, 6) is -9.42. The number of rotatable bonds is 3. The second-order valence-electron chi connectivity index (χ2n) is 6.53. The van der Waals surface area contributed by atoms with Crippen LogP contribution >= 0.6 is 0 Å². The molecule has 2 aromatic carbocycles. The molecule has 3 rings (SSSR count). The van der Waals surface area contributed by atoms with Gasteiger partial charge in [0.1, 0.15) is 0 Å². The highest BCUT2D eigenvalue weighted by molar-refractivity contribution is 5.56. The van der Waals surface area contributed by atoms with Crippen molar-refractivity contribution in [3.05, 3.63) is 64.0 Å². The Morgan fingerprint density at radius 1 is 0.769 bits per heavy atom. The Kier molecular flexibility index (Phi) is 5.18. The van der Waals surface area contributed by atoms with Crippen molar-refractivity contribution in [1.82, 2.24) is 4.90 Å². The van der Waals surface area contributed by atoms with Crippen LogP contribution in [0.2, 0.25) is 0 Å². The van der Waals surface area contributed by atoms with Crippen molar-refractivity contribution in [3.63, 3.8) is 0 Å². The summed E-state index contributed by atoms with van der Waals surface area (Å²) in [6, 6.07) is 6.01. The molecule has 1 saturated heterocycles. The minimum atomic E-state index is -2.12. The van der Waals surface area contributed by atoms with E-state index in [1.54, 1.807) is 4.90 Å². The second kappa shape index (κ2) is 7.23. The zero-order valence-corrected chi connectivity index (χ0v) is 14.6. The molecule has 0 atom stereocenters. The first-order chi connectivity index (χ1) is 12.3. The zero-order chi connectivity index (χ0) is 19.0. The van der Waals surface area contributed by atoms with Crippen LogP contribution in [0.25, 0.3) is 0 Å². The highest BCUT2D eigenvalue weighted by Gasteiger charge is 2.28. The summed E-state index contributed by atoms with van der Waals surface area (Å²) in [6.45, 7) is 5.90. The van der Waals surface area contributed by atoms with Gasteiger partial charge in [-0.25, -0.2) is 22.0 Å². The molecule has 2 aromatic rings. The average Bonchev–Trinajstić information content (AvgIpc) is 2.65. The van der Waals surface area contributed by atoms with E-state index in [-0.39, 0.29) is 6.54 Å². The number of hydrogen-bond acceptors (Lipinski definition) is 2. The third-order valence-corrected chi connectivity index (χ3v) is 4.97. The van der Waals surface area contributed by atoms with E-state index in [1.807, 2.05) is 32.0 Å². The van der Waals surface area contributed by atoms with Crippen molar-refractivity contribution >= 4 is 5.69 Å². The fourth-order valence-electron chi connectivity index (χ4n) is 3.24. The fraction of sp³-hybridized carbons (Fsp3) is 0.368. The van der Waals surface area contributed by atoms with Crippen LogP contribution < -0.4 is 4.90 Å². The van der Waals surface area contributed by atoms with Crippen LogP contribution in [-0.2, 0) is 6.54 Å². The molecule has 1 aliphatic rings. The van der Waals surface area contributed by atoms with Gasteiger partial charge in [-0.3, -0.25) is 4.90 Å². The van der Waals surface area contributed by atoms with Crippen LogP contribution in [0.4, 0.5) is 27.6 Å². The normalized spacial score (nSPS) is 15.6. The Bertz CT molecular complexity index is 800. The topological polar surface area (TPSA) is 6.48 Å². The van der Waals surface area contributed by atoms with Gasteiger partial charge in [-0.05, 0) is 31.0 Å². The highest BCUT2D eigenvalue weighted by atomic mass is 19.2. The molecule has 0 radical (unpaired) electrons. The van der Waals surface area contributed by atoms with Gasteiger partial charge in [0.05, 0.1) is 0 Å². The van der Waals surface area contributed by atoms with Crippen LogP contribution in [-0.4, -0.2) is 31.1 Å². The Balaban J connectivity index is 1.73. The lowest BCUT2D eigenvalue weighted by Gasteiger charge is -2.37. The van der Waals surface area contributed by atoms with Crippen molar-refractivity contribution in [2.75, 3.05) is 31.1 Å². The highest BCUT2D eigenvalue weighted by Crippen LogP contribution is 2.26. The summed E-state index contributed by atoms with van der Waals surface area (Å²) in [7, 11) is 0. The first-order valence-corrected chi connectivity index (χ1v) is 8.35. The lowest BCUT2D eigenvalue weighted by Crippen LogP contribution is -2.46. The molecule has 0 spiro atoms. The maximum atomic E-state index is 13.8. The summed E-state index contributed by atoms with van der Waals surface area (Å²) >= 11 is 0. The first kappa shape index (κ1) is 18.6. The van der Waals surface area contributed by atoms with E-state index in [0.717, 1.165) is 5.69 Å². The average molecular weight is 370 g/mol. The standard InChI is InChI=1S/C19H19F5N2/c1-11-4-3-5-14(12(11)2)26-8-6-25(7-9-26)10-13-15(20)17(22)19(24)18(23)16(13)21/h3-5H,6-10H2,1-2H3. The molecule has 140 valence electrons.